The number of benzene rings is 2. The highest BCUT2D eigenvalue weighted by Gasteiger charge is 2.12. The van der Waals surface area contributed by atoms with Crippen LogP contribution < -0.4 is 16.2 Å². The van der Waals surface area contributed by atoms with Gasteiger partial charge < -0.3 is 10.6 Å². The second-order valence-corrected chi connectivity index (χ2v) is 8.06. The molecule has 2 N–H and O–H groups in total. The average Bonchev–Trinajstić information content (AvgIpc) is 3.15. The Balaban J connectivity index is 1.50. The number of hydrogen-bond acceptors (Lipinski definition) is 5. The zero-order valence-corrected chi connectivity index (χ0v) is 17.7. The molecule has 152 valence electrons. The van der Waals surface area contributed by atoms with E-state index in [-0.39, 0.29) is 18.1 Å². The molecule has 0 atom stereocenters. The molecule has 2 heterocycles. The number of nitrogens with zero attached hydrogens (tertiary/aromatic N) is 3. The summed E-state index contributed by atoms with van der Waals surface area (Å²) in [6, 6.07) is 14.7. The summed E-state index contributed by atoms with van der Waals surface area (Å²) in [6.45, 7) is 6.10. The molecule has 0 aliphatic heterocycles. The maximum atomic E-state index is 12.5. The van der Waals surface area contributed by atoms with Gasteiger partial charge in [-0.05, 0) is 38.0 Å². The molecule has 2 aromatic carbocycles. The lowest BCUT2D eigenvalue weighted by atomic mass is 10.1. The number of anilines is 1. The lowest BCUT2D eigenvalue weighted by molar-refractivity contribution is 0.251. The van der Waals surface area contributed by atoms with Gasteiger partial charge in [0.25, 0.3) is 5.56 Å². The number of amides is 2. The molecule has 0 fully saturated rings. The third-order valence-corrected chi connectivity index (χ3v) is 5.84. The number of carbonyl (C=O) groups is 1. The van der Waals surface area contributed by atoms with Gasteiger partial charge in [-0.15, -0.1) is 0 Å². The van der Waals surface area contributed by atoms with Gasteiger partial charge in [-0.3, -0.25) is 4.79 Å². The molecule has 7 nitrogen and oxygen atoms in total. The number of nitrogens with one attached hydrogen (secondary N) is 2. The van der Waals surface area contributed by atoms with E-state index in [2.05, 4.69) is 20.7 Å². The van der Waals surface area contributed by atoms with Crippen molar-refractivity contribution in [3.05, 3.63) is 81.3 Å². The van der Waals surface area contributed by atoms with Crippen molar-refractivity contribution in [2.45, 2.75) is 27.3 Å². The van der Waals surface area contributed by atoms with Gasteiger partial charge in [0.1, 0.15) is 5.01 Å². The number of urea groups is 1. The molecule has 0 saturated heterocycles. The molecule has 0 radical (unpaired) electrons. The molecule has 0 bridgehead atoms. The maximum Gasteiger partial charge on any atom is 0.319 e. The molecule has 2 amide bonds. The van der Waals surface area contributed by atoms with Gasteiger partial charge >= 0.3 is 6.03 Å². The van der Waals surface area contributed by atoms with Crippen molar-refractivity contribution in [1.82, 2.24) is 19.9 Å². The standard InChI is InChI=1S/C22H21N5O2S/c1-13-7-9-16(10-8-13)20-26-27-19(28)11-17(24-22(27)30-20)12-23-21(29)25-18-6-4-5-14(2)15(18)3/h4-11H,12H2,1-3H3,(H2,23,25,29). The first-order chi connectivity index (χ1) is 14.4. The zero-order valence-electron chi connectivity index (χ0n) is 16.9. The van der Waals surface area contributed by atoms with E-state index < -0.39 is 0 Å². The van der Waals surface area contributed by atoms with Crippen molar-refractivity contribution in [3.8, 4) is 10.6 Å². The monoisotopic (exact) mass is 419 g/mol. The Kier molecular flexibility index (Phi) is 5.33. The highest BCUT2D eigenvalue weighted by Crippen LogP contribution is 2.24. The summed E-state index contributed by atoms with van der Waals surface area (Å²) in [5.41, 5.74) is 5.16. The van der Waals surface area contributed by atoms with E-state index in [1.807, 2.05) is 63.2 Å². The number of fused-ring (bicyclic) bond motifs is 1. The van der Waals surface area contributed by atoms with E-state index in [9.17, 15) is 9.59 Å². The molecule has 4 rings (SSSR count). The van der Waals surface area contributed by atoms with Crippen LogP contribution in [0.4, 0.5) is 10.5 Å². The van der Waals surface area contributed by atoms with E-state index in [4.69, 9.17) is 0 Å². The molecule has 0 unspecified atom stereocenters. The quantitative estimate of drug-likeness (QED) is 0.522. The lowest BCUT2D eigenvalue weighted by Crippen LogP contribution is -2.29. The number of rotatable bonds is 4. The summed E-state index contributed by atoms with van der Waals surface area (Å²) in [4.78, 5) is 29.7. The predicted octanol–water partition coefficient (Wildman–Crippen LogP) is 4.06. The molecular weight excluding hydrogens is 398 g/mol. The fraction of sp³-hybridized carbons (Fsp3) is 0.182. The molecule has 2 aromatic heterocycles. The number of carbonyl (C=O) groups excluding carboxylic acids is 1. The minimum atomic E-state index is -0.352. The fourth-order valence-corrected chi connectivity index (χ4v) is 3.91. The van der Waals surface area contributed by atoms with E-state index in [1.54, 1.807) is 0 Å². The fourth-order valence-electron chi connectivity index (χ4n) is 2.98. The Morgan fingerprint density at radius 1 is 1.10 bits per heavy atom. The minimum absolute atomic E-state index is 0.139. The predicted molar refractivity (Wildman–Crippen MR) is 119 cm³/mol. The van der Waals surface area contributed by atoms with Crippen LogP contribution in [0.1, 0.15) is 22.4 Å². The second kappa shape index (κ2) is 8.08. The van der Waals surface area contributed by atoms with Crippen LogP contribution in [0.2, 0.25) is 0 Å². The van der Waals surface area contributed by atoms with Gasteiger partial charge in [-0.1, -0.05) is 53.3 Å². The summed E-state index contributed by atoms with van der Waals surface area (Å²) in [7, 11) is 0. The summed E-state index contributed by atoms with van der Waals surface area (Å²) in [6.07, 6.45) is 0. The first kappa shape index (κ1) is 19.8. The molecule has 8 heteroatoms. The summed E-state index contributed by atoms with van der Waals surface area (Å²) < 4.78 is 1.29. The van der Waals surface area contributed by atoms with Gasteiger partial charge in [0.15, 0.2) is 0 Å². The smallest absolute Gasteiger partial charge is 0.319 e. The molecular formula is C22H21N5O2S. The Morgan fingerprint density at radius 3 is 2.63 bits per heavy atom. The Bertz CT molecular complexity index is 1290. The molecule has 0 saturated carbocycles. The third-order valence-electron chi connectivity index (χ3n) is 4.88. The third kappa shape index (κ3) is 4.08. The van der Waals surface area contributed by atoms with Crippen molar-refractivity contribution in [3.63, 3.8) is 0 Å². The highest BCUT2D eigenvalue weighted by molar-refractivity contribution is 7.19. The first-order valence-corrected chi connectivity index (χ1v) is 10.3. The van der Waals surface area contributed by atoms with E-state index in [0.29, 0.717) is 10.7 Å². The van der Waals surface area contributed by atoms with Crippen LogP contribution in [0.3, 0.4) is 0 Å². The van der Waals surface area contributed by atoms with Crippen molar-refractivity contribution in [1.29, 1.82) is 0 Å². The Morgan fingerprint density at radius 2 is 1.87 bits per heavy atom. The van der Waals surface area contributed by atoms with Gasteiger partial charge in [0.2, 0.25) is 4.96 Å². The molecule has 0 aliphatic carbocycles. The van der Waals surface area contributed by atoms with Crippen molar-refractivity contribution < 1.29 is 4.79 Å². The highest BCUT2D eigenvalue weighted by atomic mass is 32.1. The van der Waals surface area contributed by atoms with Crippen LogP contribution in [0.5, 0.6) is 0 Å². The SMILES string of the molecule is Cc1ccc(-c2nn3c(=O)cc(CNC(=O)Nc4cccc(C)c4C)nc3s2)cc1. The zero-order chi connectivity index (χ0) is 21.3. The normalized spacial score (nSPS) is 10.9. The van der Waals surface area contributed by atoms with Crippen LogP contribution in [-0.4, -0.2) is 20.6 Å². The van der Waals surface area contributed by atoms with Crippen LogP contribution in [0, 0.1) is 20.8 Å². The van der Waals surface area contributed by atoms with E-state index in [1.165, 1.54) is 21.9 Å². The summed E-state index contributed by atoms with van der Waals surface area (Å²) in [5.74, 6) is 0. The lowest BCUT2D eigenvalue weighted by Gasteiger charge is -2.11. The minimum Gasteiger partial charge on any atom is -0.332 e. The molecule has 0 aliphatic rings. The van der Waals surface area contributed by atoms with Crippen molar-refractivity contribution in [2.24, 2.45) is 0 Å². The molecule has 30 heavy (non-hydrogen) atoms. The number of aryl methyl sites for hydroxylation is 2. The van der Waals surface area contributed by atoms with Crippen LogP contribution in [0.25, 0.3) is 15.5 Å². The van der Waals surface area contributed by atoms with Crippen LogP contribution >= 0.6 is 11.3 Å². The van der Waals surface area contributed by atoms with Gasteiger partial charge in [0, 0.05) is 17.3 Å². The topological polar surface area (TPSA) is 88.4 Å². The van der Waals surface area contributed by atoms with E-state index >= 15 is 0 Å². The number of hydrogen-bond donors (Lipinski definition) is 2. The first-order valence-electron chi connectivity index (χ1n) is 9.48. The van der Waals surface area contributed by atoms with Crippen LogP contribution in [0.15, 0.2) is 53.3 Å². The van der Waals surface area contributed by atoms with Crippen molar-refractivity contribution in [2.75, 3.05) is 5.32 Å². The number of aromatic nitrogens is 3. The average molecular weight is 420 g/mol. The van der Waals surface area contributed by atoms with E-state index in [0.717, 1.165) is 32.9 Å². The largest absolute Gasteiger partial charge is 0.332 e. The summed E-state index contributed by atoms with van der Waals surface area (Å²) >= 11 is 1.34. The van der Waals surface area contributed by atoms with Gasteiger partial charge in [-0.2, -0.15) is 9.61 Å². The second-order valence-electron chi connectivity index (χ2n) is 7.11. The van der Waals surface area contributed by atoms with Gasteiger partial charge in [-0.25, -0.2) is 9.78 Å². The maximum absolute atomic E-state index is 12.5. The Labute approximate surface area is 177 Å². The molecule has 0 spiro atoms. The van der Waals surface area contributed by atoms with Crippen molar-refractivity contribution >= 4 is 28.0 Å². The Hall–Kier alpha value is -3.52. The van der Waals surface area contributed by atoms with Gasteiger partial charge in [0.05, 0.1) is 12.2 Å². The molecule has 4 aromatic rings. The van der Waals surface area contributed by atoms with Crippen LogP contribution in [-0.2, 0) is 6.54 Å². The summed E-state index contributed by atoms with van der Waals surface area (Å²) in [5, 5.41) is 10.7.